The van der Waals surface area contributed by atoms with Gasteiger partial charge >= 0.3 is 0 Å². The highest BCUT2D eigenvalue weighted by Gasteiger charge is 2.55. The smallest absolute Gasteiger partial charge is 0.0661 e. The minimum atomic E-state index is 0.495. The largest absolute Gasteiger partial charge is 0.378 e. The predicted octanol–water partition coefficient (Wildman–Crippen LogP) is 4.28. The molecule has 0 amide bonds. The van der Waals surface area contributed by atoms with Crippen LogP contribution in [0.15, 0.2) is 0 Å². The SMILES string of the molecule is CCOC1CC(NC2CCCC(C)C2)C12CCCCC2. The summed E-state index contributed by atoms with van der Waals surface area (Å²) in [6, 6.07) is 1.53. The van der Waals surface area contributed by atoms with Crippen molar-refractivity contribution in [3.63, 3.8) is 0 Å². The Labute approximate surface area is 125 Å². The maximum Gasteiger partial charge on any atom is 0.0661 e. The molecule has 4 unspecified atom stereocenters. The lowest BCUT2D eigenvalue weighted by atomic mass is 9.55. The van der Waals surface area contributed by atoms with E-state index in [1.807, 2.05) is 0 Å². The summed E-state index contributed by atoms with van der Waals surface area (Å²) in [5.41, 5.74) is 0.495. The third-order valence-corrected chi connectivity index (χ3v) is 6.31. The molecular weight excluding hydrogens is 246 g/mol. The lowest BCUT2D eigenvalue weighted by molar-refractivity contribution is -0.153. The van der Waals surface area contributed by atoms with Crippen LogP contribution in [0.4, 0.5) is 0 Å². The Morgan fingerprint density at radius 1 is 1.05 bits per heavy atom. The fourth-order valence-electron chi connectivity index (χ4n) is 5.17. The standard InChI is InChI=1S/C18H33NO/c1-3-20-17-13-16(18(17)10-5-4-6-11-18)19-15-9-7-8-14(2)12-15/h14-17,19H,3-13H2,1-2H3. The Bertz CT molecular complexity index is 311. The molecule has 1 N–H and O–H groups in total. The van der Waals surface area contributed by atoms with Gasteiger partial charge in [-0.25, -0.2) is 0 Å². The van der Waals surface area contributed by atoms with E-state index in [1.165, 1.54) is 64.2 Å². The van der Waals surface area contributed by atoms with E-state index in [0.29, 0.717) is 11.5 Å². The summed E-state index contributed by atoms with van der Waals surface area (Å²) >= 11 is 0. The van der Waals surface area contributed by atoms with E-state index in [-0.39, 0.29) is 0 Å². The van der Waals surface area contributed by atoms with Crippen molar-refractivity contribution in [2.75, 3.05) is 6.61 Å². The van der Waals surface area contributed by atoms with Gasteiger partial charge in [-0.2, -0.15) is 0 Å². The van der Waals surface area contributed by atoms with Gasteiger partial charge in [-0.05, 0) is 44.9 Å². The summed E-state index contributed by atoms with van der Waals surface area (Å²) in [5, 5.41) is 4.05. The third-order valence-electron chi connectivity index (χ3n) is 6.31. The molecule has 0 aliphatic heterocycles. The van der Waals surface area contributed by atoms with Crippen molar-refractivity contribution in [1.29, 1.82) is 0 Å². The van der Waals surface area contributed by atoms with Crippen molar-refractivity contribution in [3.8, 4) is 0 Å². The molecule has 0 saturated heterocycles. The molecule has 116 valence electrons. The third kappa shape index (κ3) is 2.78. The van der Waals surface area contributed by atoms with Gasteiger partial charge in [-0.1, -0.05) is 39.0 Å². The Morgan fingerprint density at radius 2 is 1.85 bits per heavy atom. The minimum absolute atomic E-state index is 0.495. The van der Waals surface area contributed by atoms with Crippen molar-refractivity contribution in [2.45, 2.75) is 96.2 Å². The van der Waals surface area contributed by atoms with E-state index in [4.69, 9.17) is 4.74 Å². The number of hydrogen-bond donors (Lipinski definition) is 1. The van der Waals surface area contributed by atoms with Crippen LogP contribution in [0, 0.1) is 11.3 Å². The molecule has 3 rings (SSSR count). The molecule has 0 heterocycles. The van der Waals surface area contributed by atoms with E-state index in [9.17, 15) is 0 Å². The number of nitrogens with one attached hydrogen (secondary N) is 1. The molecule has 3 aliphatic rings. The molecule has 0 radical (unpaired) electrons. The van der Waals surface area contributed by atoms with Gasteiger partial charge < -0.3 is 10.1 Å². The van der Waals surface area contributed by atoms with Crippen molar-refractivity contribution in [1.82, 2.24) is 5.32 Å². The van der Waals surface area contributed by atoms with Gasteiger partial charge in [0.15, 0.2) is 0 Å². The first kappa shape index (κ1) is 14.8. The van der Waals surface area contributed by atoms with Gasteiger partial charge in [0.05, 0.1) is 6.10 Å². The van der Waals surface area contributed by atoms with E-state index in [1.54, 1.807) is 0 Å². The second-order valence-corrected chi connectivity index (χ2v) is 7.66. The summed E-state index contributed by atoms with van der Waals surface area (Å²) in [5.74, 6) is 0.923. The van der Waals surface area contributed by atoms with Crippen molar-refractivity contribution in [3.05, 3.63) is 0 Å². The minimum Gasteiger partial charge on any atom is -0.378 e. The van der Waals surface area contributed by atoms with Crippen LogP contribution in [0.25, 0.3) is 0 Å². The van der Waals surface area contributed by atoms with Crippen LogP contribution in [-0.4, -0.2) is 24.8 Å². The predicted molar refractivity (Wildman–Crippen MR) is 83.9 cm³/mol. The first-order valence-corrected chi connectivity index (χ1v) is 9.12. The summed E-state index contributed by atoms with van der Waals surface area (Å²) in [6.45, 7) is 5.47. The lowest BCUT2D eigenvalue weighted by Crippen LogP contribution is -2.66. The summed E-state index contributed by atoms with van der Waals surface area (Å²) in [6.07, 6.45) is 14.5. The highest BCUT2D eigenvalue weighted by molar-refractivity contribution is 5.09. The average Bonchev–Trinajstić information content (AvgIpc) is 2.47. The molecule has 0 aromatic heterocycles. The molecule has 3 fully saturated rings. The molecule has 0 bridgehead atoms. The molecular formula is C18H33NO. The summed E-state index contributed by atoms with van der Waals surface area (Å²) in [7, 11) is 0. The van der Waals surface area contributed by atoms with Gasteiger partial charge in [0.1, 0.15) is 0 Å². The molecule has 0 aromatic rings. The molecule has 20 heavy (non-hydrogen) atoms. The van der Waals surface area contributed by atoms with Crippen LogP contribution < -0.4 is 5.32 Å². The van der Waals surface area contributed by atoms with Crippen LogP contribution in [0.5, 0.6) is 0 Å². The number of rotatable bonds is 4. The van der Waals surface area contributed by atoms with Crippen molar-refractivity contribution < 1.29 is 4.74 Å². The van der Waals surface area contributed by atoms with E-state index in [0.717, 1.165) is 24.6 Å². The van der Waals surface area contributed by atoms with E-state index >= 15 is 0 Å². The van der Waals surface area contributed by atoms with Gasteiger partial charge in [-0.15, -0.1) is 0 Å². The van der Waals surface area contributed by atoms with Gasteiger partial charge in [0, 0.05) is 24.1 Å². The number of ether oxygens (including phenoxy) is 1. The second-order valence-electron chi connectivity index (χ2n) is 7.66. The zero-order chi connectivity index (χ0) is 14.0. The highest BCUT2D eigenvalue weighted by atomic mass is 16.5. The molecule has 2 heteroatoms. The van der Waals surface area contributed by atoms with Crippen LogP contribution in [0.3, 0.4) is 0 Å². The second kappa shape index (κ2) is 6.36. The number of hydrogen-bond acceptors (Lipinski definition) is 2. The normalized spacial score (nSPS) is 40.5. The van der Waals surface area contributed by atoms with Crippen LogP contribution in [0.2, 0.25) is 0 Å². The average molecular weight is 279 g/mol. The zero-order valence-corrected chi connectivity index (χ0v) is 13.5. The quantitative estimate of drug-likeness (QED) is 0.829. The highest BCUT2D eigenvalue weighted by Crippen LogP contribution is 2.53. The Morgan fingerprint density at radius 3 is 2.55 bits per heavy atom. The molecule has 2 nitrogen and oxygen atoms in total. The van der Waals surface area contributed by atoms with Crippen molar-refractivity contribution >= 4 is 0 Å². The first-order chi connectivity index (χ1) is 9.74. The maximum atomic E-state index is 6.07. The van der Waals surface area contributed by atoms with Gasteiger partial charge in [0.2, 0.25) is 0 Å². The van der Waals surface area contributed by atoms with Crippen molar-refractivity contribution in [2.24, 2.45) is 11.3 Å². The van der Waals surface area contributed by atoms with Crippen LogP contribution in [0.1, 0.15) is 78.1 Å². The van der Waals surface area contributed by atoms with E-state index in [2.05, 4.69) is 19.2 Å². The molecule has 3 aliphatic carbocycles. The van der Waals surface area contributed by atoms with Gasteiger partial charge in [0.25, 0.3) is 0 Å². The Kier molecular flexibility index (Phi) is 4.72. The summed E-state index contributed by atoms with van der Waals surface area (Å²) < 4.78 is 6.07. The topological polar surface area (TPSA) is 21.3 Å². The first-order valence-electron chi connectivity index (χ1n) is 9.12. The zero-order valence-electron chi connectivity index (χ0n) is 13.5. The molecule has 0 aromatic carbocycles. The fourth-order valence-corrected chi connectivity index (χ4v) is 5.17. The monoisotopic (exact) mass is 279 g/mol. The maximum absolute atomic E-state index is 6.07. The Balaban J connectivity index is 1.60. The molecule has 1 spiro atoms. The lowest BCUT2D eigenvalue weighted by Gasteiger charge is -2.59. The van der Waals surface area contributed by atoms with Gasteiger partial charge in [-0.3, -0.25) is 0 Å². The van der Waals surface area contributed by atoms with Crippen LogP contribution in [-0.2, 0) is 4.74 Å². The Hall–Kier alpha value is -0.0800. The van der Waals surface area contributed by atoms with E-state index < -0.39 is 0 Å². The fraction of sp³-hybridized carbons (Fsp3) is 1.00. The molecule has 4 atom stereocenters. The van der Waals surface area contributed by atoms with Crippen LogP contribution >= 0.6 is 0 Å². The molecule has 3 saturated carbocycles. The summed E-state index contributed by atoms with van der Waals surface area (Å²) in [4.78, 5) is 0.